The summed E-state index contributed by atoms with van der Waals surface area (Å²) >= 11 is 0. The van der Waals surface area contributed by atoms with Crippen LogP contribution in [0.3, 0.4) is 0 Å². The number of carboxylic acids is 1. The van der Waals surface area contributed by atoms with Crippen molar-refractivity contribution in [1.29, 1.82) is 0 Å². The SMILES string of the molecule is Cn1cccc1CC(C)(C)C(=O)O. The lowest BCUT2D eigenvalue weighted by molar-refractivity contribution is -0.146. The Morgan fingerprint density at radius 2 is 2.23 bits per heavy atom. The fourth-order valence-electron chi connectivity index (χ4n) is 1.21. The van der Waals surface area contributed by atoms with Gasteiger partial charge in [-0.25, -0.2) is 0 Å². The number of aryl methyl sites for hydroxylation is 1. The number of hydrogen-bond donors (Lipinski definition) is 1. The molecule has 0 aliphatic carbocycles. The number of aliphatic carboxylic acids is 1. The zero-order chi connectivity index (χ0) is 10.1. The fraction of sp³-hybridized carbons (Fsp3) is 0.500. The molecule has 0 spiro atoms. The van der Waals surface area contributed by atoms with Gasteiger partial charge in [-0.3, -0.25) is 4.79 Å². The number of carboxylic acid groups (broad SMARTS) is 1. The van der Waals surface area contributed by atoms with Crippen molar-refractivity contribution in [2.75, 3.05) is 0 Å². The van der Waals surface area contributed by atoms with Crippen LogP contribution in [0.2, 0.25) is 0 Å². The maximum atomic E-state index is 10.8. The van der Waals surface area contributed by atoms with Crippen LogP contribution in [-0.4, -0.2) is 15.6 Å². The quantitative estimate of drug-likeness (QED) is 0.770. The molecule has 1 heterocycles. The minimum absolute atomic E-state index is 0.561. The second kappa shape index (κ2) is 3.24. The summed E-state index contributed by atoms with van der Waals surface area (Å²) < 4.78 is 1.95. The zero-order valence-electron chi connectivity index (χ0n) is 8.24. The second-order valence-corrected chi connectivity index (χ2v) is 3.98. The van der Waals surface area contributed by atoms with E-state index in [0.717, 1.165) is 5.69 Å². The van der Waals surface area contributed by atoms with Gasteiger partial charge in [0.1, 0.15) is 0 Å². The van der Waals surface area contributed by atoms with Gasteiger partial charge in [0.25, 0.3) is 0 Å². The summed E-state index contributed by atoms with van der Waals surface area (Å²) in [6.45, 7) is 3.48. The summed E-state index contributed by atoms with van der Waals surface area (Å²) in [5.74, 6) is -0.756. The van der Waals surface area contributed by atoms with Crippen molar-refractivity contribution < 1.29 is 9.90 Å². The predicted molar refractivity (Wildman–Crippen MR) is 50.5 cm³/mol. The molecular formula is C10H15NO2. The molecule has 0 atom stereocenters. The Kier molecular flexibility index (Phi) is 2.45. The van der Waals surface area contributed by atoms with Crippen LogP contribution in [0.5, 0.6) is 0 Å². The maximum absolute atomic E-state index is 10.8. The van der Waals surface area contributed by atoms with Crippen molar-refractivity contribution in [3.05, 3.63) is 24.0 Å². The van der Waals surface area contributed by atoms with Gasteiger partial charge in [0.2, 0.25) is 0 Å². The molecule has 3 heteroatoms. The number of carbonyl (C=O) groups is 1. The van der Waals surface area contributed by atoms with Gasteiger partial charge in [0.15, 0.2) is 0 Å². The summed E-state index contributed by atoms with van der Waals surface area (Å²) in [4.78, 5) is 10.8. The molecule has 0 unspecified atom stereocenters. The molecule has 0 saturated carbocycles. The molecule has 0 aliphatic heterocycles. The first kappa shape index (κ1) is 9.84. The second-order valence-electron chi connectivity index (χ2n) is 3.98. The minimum atomic E-state index is -0.756. The van der Waals surface area contributed by atoms with Gasteiger partial charge in [-0.05, 0) is 26.0 Å². The number of nitrogens with zero attached hydrogens (tertiary/aromatic N) is 1. The molecule has 0 fully saturated rings. The molecule has 1 aromatic heterocycles. The van der Waals surface area contributed by atoms with Crippen molar-refractivity contribution in [1.82, 2.24) is 4.57 Å². The smallest absolute Gasteiger partial charge is 0.309 e. The van der Waals surface area contributed by atoms with Gasteiger partial charge in [-0.1, -0.05) is 0 Å². The topological polar surface area (TPSA) is 42.2 Å². The summed E-state index contributed by atoms with van der Waals surface area (Å²) in [6, 6.07) is 3.87. The molecular weight excluding hydrogens is 166 g/mol. The molecule has 0 aromatic carbocycles. The van der Waals surface area contributed by atoms with Gasteiger partial charge in [-0.2, -0.15) is 0 Å². The normalized spacial score (nSPS) is 11.6. The van der Waals surface area contributed by atoms with Gasteiger partial charge >= 0.3 is 5.97 Å². The Hall–Kier alpha value is -1.25. The van der Waals surface area contributed by atoms with Gasteiger partial charge in [-0.15, -0.1) is 0 Å². The van der Waals surface area contributed by atoms with E-state index in [1.165, 1.54) is 0 Å². The van der Waals surface area contributed by atoms with Gasteiger partial charge in [0.05, 0.1) is 5.41 Å². The Balaban J connectivity index is 2.80. The van der Waals surface area contributed by atoms with Crippen LogP contribution in [0, 0.1) is 5.41 Å². The van der Waals surface area contributed by atoms with E-state index in [9.17, 15) is 4.79 Å². The molecule has 1 N–H and O–H groups in total. The number of rotatable bonds is 3. The predicted octanol–water partition coefficient (Wildman–Crippen LogP) is 1.68. The highest BCUT2D eigenvalue weighted by atomic mass is 16.4. The Labute approximate surface area is 78.0 Å². The van der Waals surface area contributed by atoms with E-state index in [1.807, 2.05) is 29.9 Å². The number of aromatic nitrogens is 1. The lowest BCUT2D eigenvalue weighted by Crippen LogP contribution is -2.27. The molecule has 0 aliphatic rings. The zero-order valence-corrected chi connectivity index (χ0v) is 8.24. The van der Waals surface area contributed by atoms with E-state index in [2.05, 4.69) is 0 Å². The molecule has 0 amide bonds. The monoisotopic (exact) mass is 181 g/mol. The van der Waals surface area contributed by atoms with Crippen molar-refractivity contribution in [2.45, 2.75) is 20.3 Å². The molecule has 0 bridgehead atoms. The van der Waals surface area contributed by atoms with Gasteiger partial charge < -0.3 is 9.67 Å². The van der Waals surface area contributed by atoms with E-state index in [4.69, 9.17) is 5.11 Å². The first-order valence-corrected chi connectivity index (χ1v) is 4.27. The van der Waals surface area contributed by atoms with E-state index in [-0.39, 0.29) is 0 Å². The molecule has 3 nitrogen and oxygen atoms in total. The van der Waals surface area contributed by atoms with Crippen LogP contribution in [0.1, 0.15) is 19.5 Å². The average Bonchev–Trinajstić information content (AvgIpc) is 2.35. The maximum Gasteiger partial charge on any atom is 0.309 e. The molecule has 0 radical (unpaired) electrons. The summed E-state index contributed by atoms with van der Waals surface area (Å²) in [5.41, 5.74) is 0.360. The first-order valence-electron chi connectivity index (χ1n) is 4.27. The molecule has 1 aromatic rings. The van der Waals surface area contributed by atoms with E-state index in [1.54, 1.807) is 13.8 Å². The molecule has 13 heavy (non-hydrogen) atoms. The van der Waals surface area contributed by atoms with Crippen molar-refractivity contribution >= 4 is 5.97 Å². The third kappa shape index (κ3) is 2.11. The molecule has 1 rings (SSSR count). The minimum Gasteiger partial charge on any atom is -0.481 e. The van der Waals surface area contributed by atoms with Crippen LogP contribution in [0.4, 0.5) is 0 Å². The molecule has 0 saturated heterocycles. The Bertz CT molecular complexity index is 312. The standard InChI is InChI=1S/C10H15NO2/c1-10(2,9(12)13)7-8-5-4-6-11(8)3/h4-6H,7H2,1-3H3,(H,12,13). The van der Waals surface area contributed by atoms with Crippen molar-refractivity contribution in [3.63, 3.8) is 0 Å². The van der Waals surface area contributed by atoms with Crippen LogP contribution in [0.25, 0.3) is 0 Å². The van der Waals surface area contributed by atoms with Crippen LogP contribution in [-0.2, 0) is 18.3 Å². The molecule has 72 valence electrons. The highest BCUT2D eigenvalue weighted by molar-refractivity contribution is 5.73. The lowest BCUT2D eigenvalue weighted by Gasteiger charge is -2.19. The van der Waals surface area contributed by atoms with Crippen molar-refractivity contribution in [3.8, 4) is 0 Å². The fourth-order valence-corrected chi connectivity index (χ4v) is 1.21. The third-order valence-corrected chi connectivity index (χ3v) is 2.25. The van der Waals surface area contributed by atoms with Gasteiger partial charge in [0, 0.05) is 25.4 Å². The summed E-state index contributed by atoms with van der Waals surface area (Å²) in [5, 5.41) is 8.92. The lowest BCUT2D eigenvalue weighted by atomic mass is 9.88. The van der Waals surface area contributed by atoms with E-state index >= 15 is 0 Å². The third-order valence-electron chi connectivity index (χ3n) is 2.25. The van der Waals surface area contributed by atoms with Crippen LogP contribution >= 0.6 is 0 Å². The highest BCUT2D eigenvalue weighted by Crippen LogP contribution is 2.21. The Morgan fingerprint density at radius 1 is 1.62 bits per heavy atom. The van der Waals surface area contributed by atoms with Crippen molar-refractivity contribution in [2.24, 2.45) is 12.5 Å². The average molecular weight is 181 g/mol. The highest BCUT2D eigenvalue weighted by Gasteiger charge is 2.27. The Morgan fingerprint density at radius 3 is 2.62 bits per heavy atom. The van der Waals surface area contributed by atoms with Crippen LogP contribution < -0.4 is 0 Å². The largest absolute Gasteiger partial charge is 0.481 e. The van der Waals surface area contributed by atoms with E-state index in [0.29, 0.717) is 6.42 Å². The summed E-state index contributed by atoms with van der Waals surface area (Å²) in [6.07, 6.45) is 2.49. The van der Waals surface area contributed by atoms with E-state index < -0.39 is 11.4 Å². The first-order chi connectivity index (χ1) is 5.93. The number of hydrogen-bond acceptors (Lipinski definition) is 1. The van der Waals surface area contributed by atoms with Crippen LogP contribution in [0.15, 0.2) is 18.3 Å². The summed E-state index contributed by atoms with van der Waals surface area (Å²) in [7, 11) is 1.92.